The van der Waals surface area contributed by atoms with Gasteiger partial charge in [0.25, 0.3) is 0 Å². The number of hydrogen-bond donors (Lipinski definition) is 0. The highest BCUT2D eigenvalue weighted by molar-refractivity contribution is 5.80. The molecule has 1 saturated carbocycles. The first-order valence-electron chi connectivity index (χ1n) is 8.85. The predicted molar refractivity (Wildman–Crippen MR) is 89.5 cm³/mol. The second kappa shape index (κ2) is 6.06. The van der Waals surface area contributed by atoms with E-state index in [1.807, 2.05) is 0 Å². The summed E-state index contributed by atoms with van der Waals surface area (Å²) in [6.07, 6.45) is 7.27. The van der Waals surface area contributed by atoms with Crippen LogP contribution in [0.3, 0.4) is 0 Å². The first kappa shape index (κ1) is 15.6. The van der Waals surface area contributed by atoms with Crippen LogP contribution in [0.25, 0.3) is 0 Å². The van der Waals surface area contributed by atoms with E-state index in [1.165, 1.54) is 30.4 Å². The number of rotatable bonds is 4. The van der Waals surface area contributed by atoms with E-state index in [0.717, 1.165) is 25.0 Å². The quantitative estimate of drug-likeness (QED) is 0.728. The summed E-state index contributed by atoms with van der Waals surface area (Å²) in [6.45, 7) is 6.61. The minimum Gasteiger partial charge on any atom is -0.487 e. The van der Waals surface area contributed by atoms with Crippen molar-refractivity contribution >= 4 is 5.78 Å². The predicted octanol–water partition coefficient (Wildman–Crippen LogP) is 5.04. The van der Waals surface area contributed by atoms with Crippen LogP contribution in [0.1, 0.15) is 76.3 Å². The van der Waals surface area contributed by atoms with Crippen molar-refractivity contribution in [3.8, 4) is 5.75 Å². The van der Waals surface area contributed by atoms with E-state index in [1.54, 1.807) is 0 Å². The molecule has 0 radical (unpaired) electrons. The highest BCUT2D eigenvalue weighted by Crippen LogP contribution is 2.50. The van der Waals surface area contributed by atoms with Crippen molar-refractivity contribution < 1.29 is 9.53 Å². The number of ether oxygens (including phenoxy) is 1. The van der Waals surface area contributed by atoms with Crippen LogP contribution in [-0.4, -0.2) is 11.4 Å². The Morgan fingerprint density at radius 3 is 2.86 bits per heavy atom. The van der Waals surface area contributed by atoms with Gasteiger partial charge in [-0.25, -0.2) is 0 Å². The summed E-state index contributed by atoms with van der Waals surface area (Å²) in [6, 6.07) is 6.69. The number of carbonyl (C=O) groups excluding carboxylic acids is 1. The minimum atomic E-state index is -0.166. The lowest BCUT2D eigenvalue weighted by molar-refractivity contribution is -0.124. The standard InChI is InChI=1S/C20H28O2/c1-4-5-6-7-14-8-10-16-17-13-15(21)9-11-18(17)20(2,3)22-19(16)12-14/h8,10,12,17-18H,4-7,9,11,13H2,1-3H3/t17-,18+/m0/s1. The van der Waals surface area contributed by atoms with Crippen molar-refractivity contribution in [2.75, 3.05) is 0 Å². The molecular formula is C20H28O2. The number of hydrogen-bond acceptors (Lipinski definition) is 2. The molecule has 0 N–H and O–H groups in total. The molecule has 3 rings (SSSR count). The molecule has 1 fully saturated rings. The SMILES string of the molecule is CCCCCc1ccc2c(c1)OC(C)(C)[C@@H]1CCC(=O)C[C@@H]21. The third kappa shape index (κ3) is 2.93. The second-order valence-electron chi connectivity index (χ2n) is 7.53. The Kier molecular flexibility index (Phi) is 4.29. The van der Waals surface area contributed by atoms with Crippen molar-refractivity contribution in [1.82, 2.24) is 0 Å². The molecule has 1 aliphatic heterocycles. The average molecular weight is 300 g/mol. The fourth-order valence-corrected chi connectivity index (χ4v) is 4.23. The van der Waals surface area contributed by atoms with E-state index >= 15 is 0 Å². The van der Waals surface area contributed by atoms with Crippen molar-refractivity contribution in [3.05, 3.63) is 29.3 Å². The molecule has 0 spiro atoms. The second-order valence-corrected chi connectivity index (χ2v) is 7.53. The molecule has 0 aromatic heterocycles. The first-order chi connectivity index (χ1) is 10.5. The molecular weight excluding hydrogens is 272 g/mol. The highest BCUT2D eigenvalue weighted by Gasteiger charge is 2.46. The Bertz CT molecular complexity index is 559. The zero-order valence-electron chi connectivity index (χ0n) is 14.2. The summed E-state index contributed by atoms with van der Waals surface area (Å²) >= 11 is 0. The van der Waals surface area contributed by atoms with Gasteiger partial charge in [0.2, 0.25) is 0 Å². The number of unbranched alkanes of at least 4 members (excludes halogenated alkanes) is 2. The van der Waals surface area contributed by atoms with Crippen LogP contribution >= 0.6 is 0 Å². The molecule has 1 aromatic carbocycles. The Hall–Kier alpha value is -1.31. The van der Waals surface area contributed by atoms with Crippen molar-refractivity contribution in [1.29, 1.82) is 0 Å². The normalized spacial score (nSPS) is 26.0. The molecule has 2 nitrogen and oxygen atoms in total. The van der Waals surface area contributed by atoms with Gasteiger partial charge in [0.05, 0.1) is 0 Å². The Morgan fingerprint density at radius 2 is 2.09 bits per heavy atom. The third-order valence-corrected chi connectivity index (χ3v) is 5.48. The summed E-state index contributed by atoms with van der Waals surface area (Å²) in [5, 5.41) is 0. The molecule has 0 unspecified atom stereocenters. The van der Waals surface area contributed by atoms with Crippen molar-refractivity contribution in [2.24, 2.45) is 5.92 Å². The fraction of sp³-hybridized carbons (Fsp3) is 0.650. The summed E-state index contributed by atoms with van der Waals surface area (Å²) in [5.41, 5.74) is 2.46. The largest absolute Gasteiger partial charge is 0.487 e. The average Bonchev–Trinajstić information content (AvgIpc) is 2.46. The molecule has 0 saturated heterocycles. The maximum absolute atomic E-state index is 11.9. The number of fused-ring (bicyclic) bond motifs is 3. The molecule has 120 valence electrons. The van der Waals surface area contributed by atoms with Crippen LogP contribution < -0.4 is 4.74 Å². The zero-order chi connectivity index (χ0) is 15.7. The number of carbonyl (C=O) groups is 1. The highest BCUT2D eigenvalue weighted by atomic mass is 16.5. The Balaban J connectivity index is 1.88. The molecule has 2 aliphatic rings. The van der Waals surface area contributed by atoms with Gasteiger partial charge in [-0.15, -0.1) is 0 Å². The fourth-order valence-electron chi connectivity index (χ4n) is 4.23. The lowest BCUT2D eigenvalue weighted by atomic mass is 9.66. The van der Waals surface area contributed by atoms with E-state index in [2.05, 4.69) is 39.0 Å². The van der Waals surface area contributed by atoms with Gasteiger partial charge in [-0.3, -0.25) is 4.79 Å². The number of ketones is 1. The van der Waals surface area contributed by atoms with E-state index in [4.69, 9.17) is 4.74 Å². The molecule has 22 heavy (non-hydrogen) atoms. The van der Waals surface area contributed by atoms with E-state index in [0.29, 0.717) is 24.0 Å². The smallest absolute Gasteiger partial charge is 0.133 e. The van der Waals surface area contributed by atoms with Gasteiger partial charge in [-0.1, -0.05) is 31.9 Å². The summed E-state index contributed by atoms with van der Waals surface area (Å²) in [4.78, 5) is 11.9. The maximum atomic E-state index is 11.9. The van der Waals surface area contributed by atoms with Crippen LogP contribution in [0.5, 0.6) is 5.75 Å². The van der Waals surface area contributed by atoms with Gasteiger partial charge in [-0.2, -0.15) is 0 Å². The van der Waals surface area contributed by atoms with Crippen molar-refractivity contribution in [3.63, 3.8) is 0 Å². The van der Waals surface area contributed by atoms with Crippen LogP contribution in [0.15, 0.2) is 18.2 Å². The Labute approximate surface area is 134 Å². The van der Waals surface area contributed by atoms with E-state index in [-0.39, 0.29) is 5.60 Å². The lowest BCUT2D eigenvalue weighted by Crippen LogP contribution is -2.47. The molecule has 2 atom stereocenters. The summed E-state index contributed by atoms with van der Waals surface area (Å²) in [7, 11) is 0. The molecule has 1 aliphatic carbocycles. The maximum Gasteiger partial charge on any atom is 0.133 e. The van der Waals surface area contributed by atoms with Gasteiger partial charge < -0.3 is 4.74 Å². The molecule has 0 amide bonds. The van der Waals surface area contributed by atoms with Gasteiger partial charge in [0.1, 0.15) is 17.1 Å². The topological polar surface area (TPSA) is 26.3 Å². The van der Waals surface area contributed by atoms with Crippen LogP contribution in [0.2, 0.25) is 0 Å². The van der Waals surface area contributed by atoms with Gasteiger partial charge in [-0.05, 0) is 50.3 Å². The van der Waals surface area contributed by atoms with Gasteiger partial charge in [0, 0.05) is 24.7 Å². The monoisotopic (exact) mass is 300 g/mol. The molecule has 0 bridgehead atoms. The summed E-state index contributed by atoms with van der Waals surface area (Å²) in [5.74, 6) is 2.25. The zero-order valence-corrected chi connectivity index (χ0v) is 14.2. The van der Waals surface area contributed by atoms with E-state index in [9.17, 15) is 4.79 Å². The molecule has 1 aromatic rings. The van der Waals surface area contributed by atoms with E-state index < -0.39 is 0 Å². The van der Waals surface area contributed by atoms with Crippen LogP contribution in [0.4, 0.5) is 0 Å². The first-order valence-corrected chi connectivity index (χ1v) is 8.85. The number of aryl methyl sites for hydroxylation is 1. The van der Waals surface area contributed by atoms with Crippen LogP contribution in [-0.2, 0) is 11.2 Å². The molecule has 2 heteroatoms. The van der Waals surface area contributed by atoms with Crippen LogP contribution in [0, 0.1) is 5.92 Å². The third-order valence-electron chi connectivity index (χ3n) is 5.48. The Morgan fingerprint density at radius 1 is 1.27 bits per heavy atom. The number of Topliss-reactive ketones (excluding diaryl/α,β-unsaturated/α-hetero) is 1. The number of benzene rings is 1. The molecule has 1 heterocycles. The minimum absolute atomic E-state index is 0.166. The van der Waals surface area contributed by atoms with Crippen molar-refractivity contribution in [2.45, 2.75) is 77.2 Å². The lowest BCUT2D eigenvalue weighted by Gasteiger charge is -2.47. The van der Waals surface area contributed by atoms with Gasteiger partial charge in [0.15, 0.2) is 0 Å². The van der Waals surface area contributed by atoms with Gasteiger partial charge >= 0.3 is 0 Å². The summed E-state index contributed by atoms with van der Waals surface area (Å²) < 4.78 is 6.36.